The predicted octanol–water partition coefficient (Wildman–Crippen LogP) is 2.87. The average Bonchev–Trinajstić information content (AvgIpc) is 2.39. The molecule has 19 heavy (non-hydrogen) atoms. The lowest BCUT2D eigenvalue weighted by Gasteiger charge is -2.07. The highest BCUT2D eigenvalue weighted by molar-refractivity contribution is 5.87. The maximum atomic E-state index is 12.1. The molecule has 0 aliphatic carbocycles. The predicted molar refractivity (Wildman–Crippen MR) is 72.1 cm³/mol. The highest BCUT2D eigenvalue weighted by atomic mass is 16.4. The Morgan fingerprint density at radius 2 is 2.11 bits per heavy atom. The van der Waals surface area contributed by atoms with Gasteiger partial charge in [-0.2, -0.15) is 0 Å². The minimum absolute atomic E-state index is 0.0733. The Labute approximate surface area is 109 Å². The topological polar surface area (TPSA) is 63.3 Å². The van der Waals surface area contributed by atoms with Crippen molar-refractivity contribution in [3.63, 3.8) is 0 Å². The number of aryl methyl sites for hydroxylation is 1. The van der Waals surface area contributed by atoms with Crippen LogP contribution in [0.15, 0.2) is 51.9 Å². The second-order valence-electron chi connectivity index (χ2n) is 4.31. The molecule has 0 saturated heterocycles. The maximum absolute atomic E-state index is 12.1. The molecule has 94 valence electrons. The first-order valence-corrected chi connectivity index (χ1v) is 5.83. The average molecular weight is 253 g/mol. The van der Waals surface area contributed by atoms with Gasteiger partial charge in [-0.05, 0) is 30.7 Å². The van der Waals surface area contributed by atoms with E-state index in [1.807, 2.05) is 13.0 Å². The summed E-state index contributed by atoms with van der Waals surface area (Å²) in [4.78, 5) is 16.1. The van der Waals surface area contributed by atoms with E-state index >= 15 is 0 Å². The van der Waals surface area contributed by atoms with E-state index in [1.165, 1.54) is 6.07 Å². The number of aromatic nitrogens is 1. The normalized spacial score (nSPS) is 10.8. The molecular formula is C15H11NO3. The third kappa shape index (κ3) is 1.87. The van der Waals surface area contributed by atoms with Gasteiger partial charge in [0.2, 0.25) is 0 Å². The Bertz CT molecular complexity index is 807. The lowest BCUT2D eigenvalue weighted by atomic mass is 10.0. The highest BCUT2D eigenvalue weighted by Gasteiger charge is 2.13. The van der Waals surface area contributed by atoms with E-state index in [2.05, 4.69) is 4.98 Å². The lowest BCUT2D eigenvalue weighted by Crippen LogP contribution is -2.06. The first-order chi connectivity index (χ1) is 9.16. The van der Waals surface area contributed by atoms with Gasteiger partial charge >= 0.3 is 5.63 Å². The van der Waals surface area contributed by atoms with Gasteiger partial charge in [0.1, 0.15) is 11.3 Å². The van der Waals surface area contributed by atoms with Crippen LogP contribution in [0.4, 0.5) is 0 Å². The molecule has 4 heteroatoms. The zero-order valence-corrected chi connectivity index (χ0v) is 10.3. The molecule has 4 nitrogen and oxygen atoms in total. The van der Waals surface area contributed by atoms with Gasteiger partial charge in [-0.3, -0.25) is 4.98 Å². The van der Waals surface area contributed by atoms with Crippen molar-refractivity contribution in [1.82, 2.24) is 4.98 Å². The van der Waals surface area contributed by atoms with E-state index in [0.717, 1.165) is 16.5 Å². The minimum Gasteiger partial charge on any atom is -0.508 e. The molecule has 0 spiro atoms. The third-order valence-corrected chi connectivity index (χ3v) is 3.10. The number of pyridine rings is 1. The molecule has 0 bridgehead atoms. The molecule has 3 aromatic rings. The molecule has 0 radical (unpaired) electrons. The smallest absolute Gasteiger partial charge is 0.344 e. The van der Waals surface area contributed by atoms with Gasteiger partial charge in [0.25, 0.3) is 0 Å². The van der Waals surface area contributed by atoms with Crippen molar-refractivity contribution < 1.29 is 9.52 Å². The zero-order chi connectivity index (χ0) is 13.4. The largest absolute Gasteiger partial charge is 0.508 e. The van der Waals surface area contributed by atoms with Gasteiger partial charge in [0, 0.05) is 29.4 Å². The number of nitrogens with zero attached hydrogens (tertiary/aromatic N) is 1. The van der Waals surface area contributed by atoms with Crippen LogP contribution in [0.25, 0.3) is 22.1 Å². The quantitative estimate of drug-likeness (QED) is 0.677. The fraction of sp³-hybridized carbons (Fsp3) is 0.0667. The van der Waals surface area contributed by atoms with Crippen molar-refractivity contribution in [2.75, 3.05) is 0 Å². The number of aromatic hydroxyl groups is 1. The second-order valence-corrected chi connectivity index (χ2v) is 4.31. The number of hydrogen-bond acceptors (Lipinski definition) is 4. The molecule has 1 N–H and O–H groups in total. The molecule has 2 heterocycles. The van der Waals surface area contributed by atoms with Gasteiger partial charge in [-0.15, -0.1) is 0 Å². The van der Waals surface area contributed by atoms with Gasteiger partial charge in [0.15, 0.2) is 0 Å². The summed E-state index contributed by atoms with van der Waals surface area (Å²) >= 11 is 0. The molecule has 0 unspecified atom stereocenters. The number of hydrogen-bond donors (Lipinski definition) is 1. The van der Waals surface area contributed by atoms with E-state index < -0.39 is 5.63 Å². The summed E-state index contributed by atoms with van der Waals surface area (Å²) in [6.45, 7) is 1.86. The van der Waals surface area contributed by atoms with E-state index in [0.29, 0.717) is 11.1 Å². The Kier molecular flexibility index (Phi) is 2.56. The summed E-state index contributed by atoms with van der Waals surface area (Å²) in [7, 11) is 0. The van der Waals surface area contributed by atoms with E-state index in [4.69, 9.17) is 4.42 Å². The van der Waals surface area contributed by atoms with Crippen LogP contribution in [0, 0.1) is 6.92 Å². The van der Waals surface area contributed by atoms with E-state index in [9.17, 15) is 9.90 Å². The molecule has 2 aromatic heterocycles. The minimum atomic E-state index is -0.427. The van der Waals surface area contributed by atoms with Crippen molar-refractivity contribution in [3.8, 4) is 16.9 Å². The summed E-state index contributed by atoms with van der Waals surface area (Å²) in [6, 6.07) is 8.34. The van der Waals surface area contributed by atoms with Crippen LogP contribution in [0.2, 0.25) is 0 Å². The first kappa shape index (κ1) is 11.5. The van der Waals surface area contributed by atoms with Crippen molar-refractivity contribution in [1.29, 1.82) is 0 Å². The third-order valence-electron chi connectivity index (χ3n) is 3.10. The summed E-state index contributed by atoms with van der Waals surface area (Å²) in [5.41, 5.74) is 2.01. The maximum Gasteiger partial charge on any atom is 0.344 e. The molecule has 3 rings (SSSR count). The van der Waals surface area contributed by atoms with Crippen LogP contribution in [-0.2, 0) is 0 Å². The van der Waals surface area contributed by atoms with Crippen molar-refractivity contribution in [3.05, 3.63) is 58.7 Å². The number of phenols is 1. The zero-order valence-electron chi connectivity index (χ0n) is 10.3. The number of phenolic OH excluding ortho intramolecular Hbond substituents is 1. The molecule has 0 aliphatic rings. The Morgan fingerprint density at radius 1 is 1.26 bits per heavy atom. The fourth-order valence-electron chi connectivity index (χ4n) is 2.19. The first-order valence-electron chi connectivity index (χ1n) is 5.83. The lowest BCUT2D eigenvalue weighted by molar-refractivity contribution is 0.473. The van der Waals surface area contributed by atoms with Crippen molar-refractivity contribution in [2.45, 2.75) is 6.92 Å². The standard InChI is InChI=1S/C15H11NO3/c1-9-12-5-4-11(17)7-13(12)19-15(18)14(9)10-3-2-6-16-8-10/h2-8,17H,1H3. The Balaban J connectivity index is 2.39. The van der Waals surface area contributed by atoms with Gasteiger partial charge in [0.05, 0.1) is 5.56 Å². The Hall–Kier alpha value is -2.62. The molecular weight excluding hydrogens is 242 g/mol. The van der Waals surface area contributed by atoms with Crippen LogP contribution < -0.4 is 5.63 Å². The molecule has 1 aromatic carbocycles. The molecule has 0 saturated carbocycles. The summed E-state index contributed by atoms with van der Waals surface area (Å²) in [5, 5.41) is 10.2. The highest BCUT2D eigenvalue weighted by Crippen LogP contribution is 2.27. The van der Waals surface area contributed by atoms with Crippen LogP contribution in [-0.4, -0.2) is 10.1 Å². The molecule has 0 fully saturated rings. The number of fused-ring (bicyclic) bond motifs is 1. The van der Waals surface area contributed by atoms with Gasteiger partial charge in [-0.1, -0.05) is 6.07 Å². The fourth-order valence-corrected chi connectivity index (χ4v) is 2.19. The van der Waals surface area contributed by atoms with Gasteiger partial charge in [-0.25, -0.2) is 4.79 Å². The number of benzene rings is 1. The Morgan fingerprint density at radius 3 is 2.84 bits per heavy atom. The van der Waals surface area contributed by atoms with E-state index in [-0.39, 0.29) is 5.75 Å². The molecule has 0 atom stereocenters. The summed E-state index contributed by atoms with van der Waals surface area (Å²) in [5.74, 6) is 0.0733. The molecule has 0 aliphatic heterocycles. The van der Waals surface area contributed by atoms with Gasteiger partial charge < -0.3 is 9.52 Å². The summed E-state index contributed by atoms with van der Waals surface area (Å²) in [6.07, 6.45) is 3.28. The van der Waals surface area contributed by atoms with Crippen LogP contribution in [0.1, 0.15) is 5.56 Å². The van der Waals surface area contributed by atoms with E-state index in [1.54, 1.807) is 30.6 Å². The van der Waals surface area contributed by atoms with Crippen molar-refractivity contribution in [2.24, 2.45) is 0 Å². The SMILES string of the molecule is Cc1c(-c2cccnc2)c(=O)oc2cc(O)ccc12. The van der Waals surface area contributed by atoms with Crippen LogP contribution in [0.5, 0.6) is 5.75 Å². The summed E-state index contributed by atoms with van der Waals surface area (Å²) < 4.78 is 5.27. The monoisotopic (exact) mass is 253 g/mol. The second kappa shape index (κ2) is 4.24. The van der Waals surface area contributed by atoms with Crippen molar-refractivity contribution >= 4 is 11.0 Å². The number of rotatable bonds is 1. The van der Waals surface area contributed by atoms with Crippen LogP contribution in [0.3, 0.4) is 0 Å². The van der Waals surface area contributed by atoms with Crippen LogP contribution >= 0.6 is 0 Å². The molecule has 0 amide bonds.